The predicted molar refractivity (Wildman–Crippen MR) is 96.2 cm³/mol. The van der Waals surface area contributed by atoms with Gasteiger partial charge in [0.05, 0.1) is 12.1 Å². The molecule has 26 heavy (non-hydrogen) atoms. The molecule has 1 aromatic rings. The maximum atomic E-state index is 13.0. The number of amides is 2. The van der Waals surface area contributed by atoms with Gasteiger partial charge >= 0.3 is 0 Å². The van der Waals surface area contributed by atoms with Crippen LogP contribution in [0.5, 0.6) is 0 Å². The number of anilines is 1. The van der Waals surface area contributed by atoms with Gasteiger partial charge < -0.3 is 15.1 Å². The Balaban J connectivity index is 0.000000814. The van der Waals surface area contributed by atoms with Gasteiger partial charge in [-0.05, 0) is 31.7 Å². The second kappa shape index (κ2) is 5.54. The standard InChI is InChI=1S/C19H22N2O3.CH4O/c1-2-17-9-5-11-20-16(23)12-18(24)13-6-3-4-7-14(13)21(19(17,18)20)15(22)8-10-17;1-2/h3-4,6-7,24H,2,5,8-12H2,1H3;2H,1H3/t17-,18-,19-;/m1./s1. The predicted octanol–water partition coefficient (Wildman–Crippen LogP) is 1.74. The van der Waals surface area contributed by atoms with Crippen molar-refractivity contribution >= 4 is 17.5 Å². The van der Waals surface area contributed by atoms with Crippen molar-refractivity contribution < 1.29 is 19.8 Å². The smallest absolute Gasteiger partial charge is 0.229 e. The summed E-state index contributed by atoms with van der Waals surface area (Å²) >= 11 is 0. The molecule has 3 fully saturated rings. The summed E-state index contributed by atoms with van der Waals surface area (Å²) in [4.78, 5) is 29.5. The van der Waals surface area contributed by atoms with E-state index < -0.39 is 11.3 Å². The molecule has 6 heteroatoms. The molecular weight excluding hydrogens is 332 g/mol. The number of carbonyl (C=O) groups excluding carboxylic acids is 2. The second-order valence-corrected chi connectivity index (χ2v) is 7.74. The van der Waals surface area contributed by atoms with E-state index in [4.69, 9.17) is 5.11 Å². The number of aliphatic hydroxyl groups excluding tert-OH is 1. The third kappa shape index (κ3) is 1.61. The number of nitrogens with zero attached hydrogens (tertiary/aromatic N) is 2. The Morgan fingerprint density at radius 1 is 1.12 bits per heavy atom. The molecule has 3 saturated heterocycles. The van der Waals surface area contributed by atoms with Gasteiger partial charge in [-0.1, -0.05) is 25.1 Å². The van der Waals surface area contributed by atoms with E-state index >= 15 is 0 Å². The summed E-state index contributed by atoms with van der Waals surface area (Å²) in [5, 5.41) is 18.9. The molecule has 140 valence electrons. The molecular formula is C20H26N2O4. The average Bonchev–Trinajstić information content (AvgIpc) is 3.04. The number of hydrogen-bond donors (Lipinski definition) is 2. The average molecular weight is 358 g/mol. The Hall–Kier alpha value is -1.92. The van der Waals surface area contributed by atoms with Crippen molar-refractivity contribution in [3.63, 3.8) is 0 Å². The quantitative estimate of drug-likeness (QED) is 0.801. The molecule has 0 aliphatic carbocycles. The van der Waals surface area contributed by atoms with Gasteiger partial charge in [-0.2, -0.15) is 0 Å². The van der Waals surface area contributed by atoms with Gasteiger partial charge in [-0.15, -0.1) is 0 Å². The van der Waals surface area contributed by atoms with Crippen molar-refractivity contribution in [2.24, 2.45) is 5.41 Å². The highest BCUT2D eigenvalue weighted by Crippen LogP contribution is 2.69. The minimum Gasteiger partial charge on any atom is -0.400 e. The first-order valence-corrected chi connectivity index (χ1v) is 9.42. The summed E-state index contributed by atoms with van der Waals surface area (Å²) < 4.78 is 0. The highest BCUT2D eigenvalue weighted by molar-refractivity contribution is 6.03. The Kier molecular flexibility index (Phi) is 3.72. The highest BCUT2D eigenvalue weighted by Gasteiger charge is 2.80. The van der Waals surface area contributed by atoms with Crippen molar-refractivity contribution in [1.29, 1.82) is 0 Å². The number of fused-ring (bicyclic) bond motifs is 3. The summed E-state index contributed by atoms with van der Waals surface area (Å²) in [5.41, 5.74) is -0.923. The van der Waals surface area contributed by atoms with E-state index in [-0.39, 0.29) is 23.7 Å². The monoisotopic (exact) mass is 358 g/mol. The van der Waals surface area contributed by atoms with Crippen molar-refractivity contribution in [2.75, 3.05) is 18.6 Å². The molecule has 1 spiro atoms. The number of para-hydroxylation sites is 1. The topological polar surface area (TPSA) is 81.1 Å². The lowest BCUT2D eigenvalue weighted by molar-refractivity contribution is -0.179. The van der Waals surface area contributed by atoms with Gasteiger partial charge in [0.2, 0.25) is 11.8 Å². The van der Waals surface area contributed by atoms with Crippen LogP contribution in [-0.4, -0.2) is 46.2 Å². The molecule has 5 rings (SSSR count). The molecule has 4 aliphatic heterocycles. The normalized spacial score (nSPS) is 36.9. The molecule has 2 amide bonds. The second-order valence-electron chi connectivity index (χ2n) is 7.74. The Labute approximate surface area is 153 Å². The van der Waals surface area contributed by atoms with E-state index in [0.717, 1.165) is 44.0 Å². The van der Waals surface area contributed by atoms with Crippen LogP contribution in [0.1, 0.15) is 51.0 Å². The van der Waals surface area contributed by atoms with E-state index in [1.807, 2.05) is 29.2 Å². The summed E-state index contributed by atoms with van der Waals surface area (Å²) in [5.74, 6) is 0.00766. The summed E-state index contributed by atoms with van der Waals surface area (Å²) in [6.45, 7) is 2.76. The summed E-state index contributed by atoms with van der Waals surface area (Å²) in [7, 11) is 1.00. The Bertz CT molecular complexity index is 781. The molecule has 0 saturated carbocycles. The lowest BCUT2D eigenvalue weighted by atomic mass is 9.57. The van der Waals surface area contributed by atoms with Crippen molar-refractivity contribution in [3.8, 4) is 0 Å². The lowest BCUT2D eigenvalue weighted by Gasteiger charge is -2.63. The van der Waals surface area contributed by atoms with Crippen LogP contribution in [0.4, 0.5) is 5.69 Å². The summed E-state index contributed by atoms with van der Waals surface area (Å²) in [6.07, 6.45) is 4.07. The van der Waals surface area contributed by atoms with E-state index in [2.05, 4.69) is 6.92 Å². The number of carbonyl (C=O) groups is 2. The van der Waals surface area contributed by atoms with Crippen LogP contribution in [0.25, 0.3) is 0 Å². The number of hydrogen-bond acceptors (Lipinski definition) is 4. The fraction of sp³-hybridized carbons (Fsp3) is 0.600. The van der Waals surface area contributed by atoms with Gasteiger partial charge in [-0.25, -0.2) is 0 Å². The summed E-state index contributed by atoms with van der Waals surface area (Å²) in [6, 6.07) is 7.60. The molecule has 3 atom stereocenters. The number of aliphatic hydroxyl groups is 2. The number of rotatable bonds is 1. The zero-order chi connectivity index (χ0) is 18.7. The van der Waals surface area contributed by atoms with Gasteiger partial charge in [0.15, 0.2) is 5.66 Å². The zero-order valence-corrected chi connectivity index (χ0v) is 15.4. The van der Waals surface area contributed by atoms with Gasteiger partial charge in [0.25, 0.3) is 0 Å². The molecule has 0 aromatic heterocycles. The molecule has 0 bridgehead atoms. The van der Waals surface area contributed by atoms with Crippen LogP contribution in [0.2, 0.25) is 0 Å². The van der Waals surface area contributed by atoms with E-state index in [1.54, 1.807) is 4.90 Å². The van der Waals surface area contributed by atoms with E-state index in [1.165, 1.54) is 0 Å². The molecule has 0 unspecified atom stereocenters. The minimum atomic E-state index is -1.30. The maximum absolute atomic E-state index is 13.0. The first-order chi connectivity index (χ1) is 12.5. The van der Waals surface area contributed by atoms with Gasteiger partial charge in [-0.3, -0.25) is 14.5 Å². The third-order valence-electron chi connectivity index (χ3n) is 7.11. The molecule has 0 radical (unpaired) electrons. The first kappa shape index (κ1) is 17.5. The molecule has 6 nitrogen and oxygen atoms in total. The van der Waals surface area contributed by atoms with Crippen LogP contribution in [0, 0.1) is 5.41 Å². The maximum Gasteiger partial charge on any atom is 0.229 e. The van der Waals surface area contributed by atoms with Crippen LogP contribution >= 0.6 is 0 Å². The molecule has 4 aliphatic rings. The number of benzene rings is 1. The molecule has 2 N–H and O–H groups in total. The molecule has 1 aromatic carbocycles. The van der Waals surface area contributed by atoms with Crippen LogP contribution in [0.15, 0.2) is 24.3 Å². The van der Waals surface area contributed by atoms with Crippen LogP contribution in [0.3, 0.4) is 0 Å². The van der Waals surface area contributed by atoms with Crippen molar-refractivity contribution in [1.82, 2.24) is 4.90 Å². The van der Waals surface area contributed by atoms with Gasteiger partial charge in [0.1, 0.15) is 5.60 Å². The number of piperidine rings is 2. The van der Waals surface area contributed by atoms with Gasteiger partial charge in [0, 0.05) is 31.1 Å². The largest absolute Gasteiger partial charge is 0.400 e. The van der Waals surface area contributed by atoms with E-state index in [0.29, 0.717) is 13.0 Å². The van der Waals surface area contributed by atoms with Crippen molar-refractivity contribution in [2.45, 2.75) is 56.7 Å². The van der Waals surface area contributed by atoms with Crippen molar-refractivity contribution in [3.05, 3.63) is 29.8 Å². The fourth-order valence-corrected chi connectivity index (χ4v) is 6.29. The first-order valence-electron chi connectivity index (χ1n) is 9.42. The lowest BCUT2D eigenvalue weighted by Crippen LogP contribution is -2.77. The highest BCUT2D eigenvalue weighted by atomic mass is 16.3. The molecule has 4 heterocycles. The zero-order valence-electron chi connectivity index (χ0n) is 15.4. The minimum absolute atomic E-state index is 0.0239. The Morgan fingerprint density at radius 3 is 2.58 bits per heavy atom. The van der Waals surface area contributed by atoms with E-state index in [9.17, 15) is 14.7 Å². The van der Waals surface area contributed by atoms with Crippen LogP contribution in [-0.2, 0) is 15.2 Å². The SMILES string of the molecule is CC[C@@]12CCCN3C(=O)C[C@@]4(O)c5ccccc5N(C(=O)CC1)[C@]324.CO. The fourth-order valence-electron chi connectivity index (χ4n) is 6.29. The Morgan fingerprint density at radius 2 is 1.85 bits per heavy atom. The third-order valence-corrected chi connectivity index (χ3v) is 7.11. The van der Waals surface area contributed by atoms with Crippen LogP contribution < -0.4 is 4.90 Å².